The summed E-state index contributed by atoms with van der Waals surface area (Å²) in [7, 11) is 2.87. The number of methoxy groups -OCH3 is 2. The molecular formula is C38H38N2O12S. The van der Waals surface area contributed by atoms with Crippen LogP contribution in [0.4, 0.5) is 4.79 Å². The monoisotopic (exact) mass is 746 g/mol. The first kappa shape index (κ1) is 35.9. The van der Waals surface area contributed by atoms with Gasteiger partial charge >= 0.3 is 17.5 Å². The zero-order chi connectivity index (χ0) is 37.1. The van der Waals surface area contributed by atoms with Gasteiger partial charge in [0.1, 0.15) is 18.4 Å². The molecule has 2 heterocycles. The Balaban J connectivity index is 1.27. The molecule has 1 unspecified atom stereocenters. The van der Waals surface area contributed by atoms with Crippen molar-refractivity contribution in [1.29, 1.82) is 0 Å². The first-order valence-corrected chi connectivity index (χ1v) is 17.8. The molecule has 0 aromatic heterocycles. The third kappa shape index (κ3) is 7.68. The van der Waals surface area contributed by atoms with Gasteiger partial charge in [0.05, 0.1) is 33.5 Å². The maximum atomic E-state index is 14.4. The Morgan fingerprint density at radius 3 is 2.15 bits per heavy atom. The van der Waals surface area contributed by atoms with Crippen molar-refractivity contribution < 1.29 is 56.1 Å². The number of alkyl carbamates (subject to hydrolysis) is 1. The Morgan fingerprint density at radius 1 is 0.849 bits per heavy atom. The van der Waals surface area contributed by atoms with E-state index in [1.54, 1.807) is 30.3 Å². The summed E-state index contributed by atoms with van der Waals surface area (Å²) in [5.41, 5.74) is 3.56. The van der Waals surface area contributed by atoms with E-state index < -0.39 is 53.2 Å². The van der Waals surface area contributed by atoms with E-state index in [1.165, 1.54) is 26.4 Å². The summed E-state index contributed by atoms with van der Waals surface area (Å²) in [6.07, 6.45) is -0.726. The molecule has 0 bridgehead atoms. The number of rotatable bonds is 10. The van der Waals surface area contributed by atoms with Crippen molar-refractivity contribution in [3.05, 3.63) is 107 Å². The van der Waals surface area contributed by atoms with Crippen molar-refractivity contribution in [2.75, 3.05) is 34.2 Å². The lowest BCUT2D eigenvalue weighted by Crippen LogP contribution is -2.52. The molecule has 0 spiro atoms. The minimum absolute atomic E-state index is 0.00253. The number of ether oxygens (including phenoxy) is 5. The number of nitrogens with one attached hydrogen (secondary N) is 2. The summed E-state index contributed by atoms with van der Waals surface area (Å²) in [6, 6.07) is 20.7. The largest absolute Gasteiger partial charge is 0.508 e. The Hall–Kier alpha value is -5.51. The second kappa shape index (κ2) is 15.6. The van der Waals surface area contributed by atoms with Gasteiger partial charge in [-0.05, 0) is 64.2 Å². The van der Waals surface area contributed by atoms with Crippen LogP contribution in [0.15, 0.2) is 78.9 Å². The molecule has 53 heavy (non-hydrogen) atoms. The van der Waals surface area contributed by atoms with Crippen LogP contribution in [0, 0.1) is 11.8 Å². The number of amides is 2. The number of carbonyl (C=O) groups excluding carboxylic acids is 2. The zero-order valence-corrected chi connectivity index (χ0v) is 29.6. The fourth-order valence-corrected chi connectivity index (χ4v) is 7.76. The first-order valence-electron chi connectivity index (χ1n) is 16.8. The van der Waals surface area contributed by atoms with Crippen molar-refractivity contribution in [2.45, 2.75) is 31.0 Å². The molecule has 3 aliphatic rings. The number of benzene rings is 4. The molecule has 6 atom stereocenters. The Labute approximate surface area is 307 Å². The first-order chi connectivity index (χ1) is 25.7. The SMILES string of the molecule is COc1cc([C@@H]2c3cc4c(cc3[C@@H](NC(=O)[C@H](Cc3ccc(O)cc3)NC(=O)OCc3ccccc3)[C@H]3COS(=O)OC[C@H]23)OCO4)cc(OC)c1O. The highest BCUT2D eigenvalue weighted by Gasteiger charge is 2.48. The summed E-state index contributed by atoms with van der Waals surface area (Å²) in [5.74, 6) is -0.741. The van der Waals surface area contributed by atoms with E-state index in [-0.39, 0.29) is 56.0 Å². The molecule has 14 nitrogen and oxygen atoms in total. The zero-order valence-electron chi connectivity index (χ0n) is 28.8. The standard InChI is InChI=1S/C38H38N2O12S/c1-46-32-13-23(14-33(47-2)36(32)42)34-25-15-30-31(50-20-49-30)16-26(25)35(28-19-52-53(45)51-18-27(28)34)40-37(43)29(12-21-8-10-24(41)11-9-21)39-38(44)48-17-22-6-4-3-5-7-22/h3-11,13-16,27-29,34-35,41-42H,12,17-20H2,1-2H3,(H,39,44)(H,40,43)/t27-,28-,29-,34+,35+,53?/m0/s1. The van der Waals surface area contributed by atoms with E-state index in [2.05, 4.69) is 10.6 Å². The molecule has 1 fully saturated rings. The topological polar surface area (TPSA) is 180 Å². The molecular weight excluding hydrogens is 708 g/mol. The highest BCUT2D eigenvalue weighted by molar-refractivity contribution is 7.75. The molecule has 1 aliphatic carbocycles. The second-order valence-corrected chi connectivity index (χ2v) is 13.7. The normalized spacial score (nSPS) is 22.0. The van der Waals surface area contributed by atoms with Crippen LogP contribution in [0.1, 0.15) is 39.8 Å². The van der Waals surface area contributed by atoms with Gasteiger partial charge in [0, 0.05) is 24.2 Å². The van der Waals surface area contributed by atoms with Crippen molar-refractivity contribution >= 4 is 23.4 Å². The molecule has 2 amide bonds. The Morgan fingerprint density at radius 2 is 1.49 bits per heavy atom. The predicted octanol–water partition coefficient (Wildman–Crippen LogP) is 4.54. The summed E-state index contributed by atoms with van der Waals surface area (Å²) in [6.45, 7) is -0.0821. The summed E-state index contributed by atoms with van der Waals surface area (Å²) in [5, 5.41) is 26.5. The number of carbonyl (C=O) groups is 2. The van der Waals surface area contributed by atoms with Crippen molar-refractivity contribution in [3.63, 3.8) is 0 Å². The van der Waals surface area contributed by atoms with Gasteiger partial charge in [-0.15, -0.1) is 0 Å². The number of phenols is 2. The molecule has 4 N–H and O–H groups in total. The van der Waals surface area contributed by atoms with Gasteiger partial charge in [-0.25, -0.2) is 4.79 Å². The average Bonchev–Trinajstić information content (AvgIpc) is 3.55. The van der Waals surface area contributed by atoms with E-state index in [9.17, 15) is 24.0 Å². The van der Waals surface area contributed by atoms with E-state index in [1.807, 2.05) is 36.4 Å². The van der Waals surface area contributed by atoms with Crippen LogP contribution in [0.5, 0.6) is 34.5 Å². The minimum atomic E-state index is -2.06. The van der Waals surface area contributed by atoms with Crippen LogP contribution in [0.25, 0.3) is 0 Å². The molecule has 15 heteroatoms. The van der Waals surface area contributed by atoms with E-state index in [0.717, 1.165) is 11.1 Å². The van der Waals surface area contributed by atoms with Gasteiger partial charge in [-0.1, -0.05) is 42.5 Å². The molecule has 0 saturated carbocycles. The van der Waals surface area contributed by atoms with Crippen molar-refractivity contribution in [3.8, 4) is 34.5 Å². The second-order valence-electron chi connectivity index (χ2n) is 12.8. The summed E-state index contributed by atoms with van der Waals surface area (Å²) in [4.78, 5) is 27.6. The molecule has 278 valence electrons. The van der Waals surface area contributed by atoms with Crippen molar-refractivity contribution in [1.82, 2.24) is 10.6 Å². The minimum Gasteiger partial charge on any atom is -0.508 e. The van der Waals surface area contributed by atoms with Gasteiger partial charge in [-0.2, -0.15) is 4.21 Å². The Kier molecular flexibility index (Phi) is 10.6. The number of fused-ring (bicyclic) bond motifs is 3. The molecule has 0 radical (unpaired) electrons. The summed E-state index contributed by atoms with van der Waals surface area (Å²) < 4.78 is 52.0. The van der Waals surface area contributed by atoms with Gasteiger partial charge in [-0.3, -0.25) is 13.2 Å². The van der Waals surface area contributed by atoms with E-state index >= 15 is 0 Å². The lowest BCUT2D eigenvalue weighted by atomic mass is 9.64. The van der Waals surface area contributed by atoms with Crippen LogP contribution in [0.3, 0.4) is 0 Å². The highest BCUT2D eigenvalue weighted by Crippen LogP contribution is 2.54. The number of aromatic hydroxyl groups is 2. The van der Waals surface area contributed by atoms with Crippen molar-refractivity contribution in [2.24, 2.45) is 11.8 Å². The van der Waals surface area contributed by atoms with Gasteiger partial charge in [0.15, 0.2) is 23.0 Å². The number of phenolic OH excluding ortho intramolecular Hbond substituents is 2. The predicted molar refractivity (Wildman–Crippen MR) is 189 cm³/mol. The number of hydrogen-bond acceptors (Lipinski definition) is 12. The van der Waals surface area contributed by atoms with Crippen LogP contribution < -0.4 is 29.6 Å². The molecule has 4 aromatic carbocycles. The molecule has 1 saturated heterocycles. The lowest BCUT2D eigenvalue weighted by Gasteiger charge is -2.43. The van der Waals surface area contributed by atoms with Crippen LogP contribution in [-0.2, 0) is 42.3 Å². The highest BCUT2D eigenvalue weighted by atomic mass is 32.2. The van der Waals surface area contributed by atoms with Crippen LogP contribution in [-0.4, -0.2) is 66.7 Å². The van der Waals surface area contributed by atoms with Gasteiger partial charge in [0.2, 0.25) is 18.4 Å². The maximum absolute atomic E-state index is 14.4. The van der Waals surface area contributed by atoms with Crippen LogP contribution >= 0.6 is 0 Å². The quantitative estimate of drug-likeness (QED) is 0.178. The van der Waals surface area contributed by atoms with E-state index in [0.29, 0.717) is 28.2 Å². The molecule has 7 rings (SSSR count). The molecule has 4 aromatic rings. The van der Waals surface area contributed by atoms with Gasteiger partial charge in [0.25, 0.3) is 0 Å². The average molecular weight is 747 g/mol. The fraction of sp³-hybridized carbons (Fsp3) is 0.316. The molecule has 2 aliphatic heterocycles. The van der Waals surface area contributed by atoms with E-state index in [4.69, 9.17) is 32.1 Å². The fourth-order valence-electron chi connectivity index (χ4n) is 7.15. The third-order valence-electron chi connectivity index (χ3n) is 9.72. The smallest absolute Gasteiger partial charge is 0.408 e. The number of hydrogen-bond donors (Lipinski definition) is 4. The lowest BCUT2D eigenvalue weighted by molar-refractivity contribution is -0.124. The Bertz CT molecular complexity index is 1970. The summed E-state index contributed by atoms with van der Waals surface area (Å²) >= 11 is -2.06. The maximum Gasteiger partial charge on any atom is 0.408 e. The van der Waals surface area contributed by atoms with Gasteiger partial charge < -0.3 is 44.5 Å². The third-order valence-corrected chi connectivity index (χ3v) is 10.4. The van der Waals surface area contributed by atoms with Crippen LogP contribution in [0.2, 0.25) is 0 Å².